The van der Waals surface area contributed by atoms with Gasteiger partial charge in [-0.25, -0.2) is 9.18 Å². The molecule has 0 aliphatic heterocycles. The second-order valence-corrected chi connectivity index (χ2v) is 3.88. The number of rotatable bonds is 2. The molecule has 94 valence electrons. The number of nitrogens with zero attached hydrogens (tertiary/aromatic N) is 1. The van der Waals surface area contributed by atoms with E-state index in [9.17, 15) is 14.0 Å². The number of carboxylic acid groups (broad SMARTS) is 1. The summed E-state index contributed by atoms with van der Waals surface area (Å²) in [5.41, 5.74) is -1.11. The van der Waals surface area contributed by atoms with E-state index in [1.165, 1.54) is 13.2 Å². The van der Waals surface area contributed by atoms with Gasteiger partial charge >= 0.3 is 5.97 Å². The zero-order valence-electron chi connectivity index (χ0n) is 9.11. The van der Waals surface area contributed by atoms with Crippen LogP contribution >= 0.6 is 11.6 Å². The highest BCUT2D eigenvalue weighted by molar-refractivity contribution is 6.31. The summed E-state index contributed by atoms with van der Waals surface area (Å²) in [6.07, 6.45) is 1.02. The average Bonchev–Trinajstić information content (AvgIpc) is 2.32. The van der Waals surface area contributed by atoms with Crippen LogP contribution in [0.2, 0.25) is 5.02 Å². The van der Waals surface area contributed by atoms with E-state index >= 15 is 0 Å². The summed E-state index contributed by atoms with van der Waals surface area (Å²) in [6, 6.07) is 2.09. The van der Waals surface area contributed by atoms with Crippen molar-refractivity contribution in [1.82, 2.24) is 4.73 Å². The van der Waals surface area contributed by atoms with Crippen LogP contribution in [0.4, 0.5) is 4.39 Å². The molecule has 0 radical (unpaired) electrons. The third-order valence-corrected chi connectivity index (χ3v) is 2.73. The second-order valence-electron chi connectivity index (χ2n) is 3.47. The van der Waals surface area contributed by atoms with E-state index in [1.54, 1.807) is 0 Å². The average molecular weight is 272 g/mol. The molecule has 2 aromatic rings. The van der Waals surface area contributed by atoms with E-state index in [2.05, 4.69) is 0 Å². The van der Waals surface area contributed by atoms with Gasteiger partial charge in [0.05, 0.1) is 22.1 Å². The fourth-order valence-electron chi connectivity index (χ4n) is 1.59. The van der Waals surface area contributed by atoms with Gasteiger partial charge in [0, 0.05) is 0 Å². The lowest BCUT2D eigenvalue weighted by Crippen LogP contribution is -2.21. The number of fused-ring (bicyclic) bond motifs is 1. The van der Waals surface area contributed by atoms with Gasteiger partial charge in [0.1, 0.15) is 18.5 Å². The zero-order valence-corrected chi connectivity index (χ0v) is 9.86. The Morgan fingerprint density at radius 1 is 1.50 bits per heavy atom. The van der Waals surface area contributed by atoms with Crippen LogP contribution < -0.4 is 10.3 Å². The standard InChI is InChI=1S/C11H7ClFNO4/c1-18-14-4-6(11(16)17)10(15)5-2-8(13)7(12)3-9(5)14/h2-4H,1H3,(H,16,17). The minimum atomic E-state index is -1.41. The summed E-state index contributed by atoms with van der Waals surface area (Å²) in [4.78, 5) is 27.6. The third kappa shape index (κ3) is 1.80. The second kappa shape index (κ2) is 4.30. The zero-order chi connectivity index (χ0) is 13.4. The number of hydrogen-bond donors (Lipinski definition) is 1. The number of aromatic carboxylic acids is 1. The number of aromatic nitrogens is 1. The molecule has 1 aromatic heterocycles. The molecule has 18 heavy (non-hydrogen) atoms. The Labute approximate surface area is 105 Å². The highest BCUT2D eigenvalue weighted by Crippen LogP contribution is 2.21. The lowest BCUT2D eigenvalue weighted by Gasteiger charge is -2.10. The maximum atomic E-state index is 13.3. The number of carbonyl (C=O) groups is 1. The normalized spacial score (nSPS) is 10.6. The first-order valence-electron chi connectivity index (χ1n) is 4.78. The predicted molar refractivity (Wildman–Crippen MR) is 62.6 cm³/mol. The highest BCUT2D eigenvalue weighted by Gasteiger charge is 2.16. The number of pyridine rings is 1. The SMILES string of the molecule is COn1cc(C(=O)O)c(=O)c2cc(F)c(Cl)cc21. The lowest BCUT2D eigenvalue weighted by atomic mass is 10.1. The van der Waals surface area contributed by atoms with Gasteiger partial charge in [-0.05, 0) is 12.1 Å². The monoisotopic (exact) mass is 271 g/mol. The first kappa shape index (κ1) is 12.4. The van der Waals surface area contributed by atoms with E-state index in [4.69, 9.17) is 21.5 Å². The minimum Gasteiger partial charge on any atom is -0.477 e. The molecule has 0 amide bonds. The number of carboxylic acids is 1. The van der Waals surface area contributed by atoms with Crippen LogP contribution in [0.5, 0.6) is 0 Å². The Balaban J connectivity index is 2.99. The Bertz CT molecular complexity index is 710. The van der Waals surface area contributed by atoms with Gasteiger partial charge in [-0.2, -0.15) is 4.73 Å². The van der Waals surface area contributed by atoms with Crippen molar-refractivity contribution in [3.63, 3.8) is 0 Å². The summed E-state index contributed by atoms with van der Waals surface area (Å²) in [5, 5.41) is 8.58. The number of benzene rings is 1. The molecule has 0 aliphatic rings. The van der Waals surface area contributed by atoms with E-state index in [0.717, 1.165) is 17.0 Å². The Kier molecular flexibility index (Phi) is 2.96. The summed E-state index contributed by atoms with van der Waals surface area (Å²) < 4.78 is 14.4. The molecular weight excluding hydrogens is 265 g/mol. The molecule has 1 heterocycles. The van der Waals surface area contributed by atoms with E-state index in [0.29, 0.717) is 0 Å². The Hall–Kier alpha value is -2.08. The van der Waals surface area contributed by atoms with Crippen LogP contribution in [0.3, 0.4) is 0 Å². The fraction of sp³-hybridized carbons (Fsp3) is 0.0909. The molecule has 1 aromatic carbocycles. The maximum absolute atomic E-state index is 13.3. The van der Waals surface area contributed by atoms with Crippen molar-refractivity contribution < 1.29 is 19.1 Å². The third-order valence-electron chi connectivity index (χ3n) is 2.44. The lowest BCUT2D eigenvalue weighted by molar-refractivity contribution is 0.0691. The molecule has 0 fully saturated rings. The van der Waals surface area contributed by atoms with Crippen LogP contribution in [0.1, 0.15) is 10.4 Å². The van der Waals surface area contributed by atoms with Crippen molar-refractivity contribution in [2.24, 2.45) is 0 Å². The molecule has 0 unspecified atom stereocenters. The van der Waals surface area contributed by atoms with E-state index in [1.807, 2.05) is 0 Å². The van der Waals surface area contributed by atoms with Crippen molar-refractivity contribution in [2.45, 2.75) is 0 Å². The minimum absolute atomic E-state index is 0.112. The predicted octanol–water partition coefficient (Wildman–Crippen LogP) is 1.55. The molecule has 5 nitrogen and oxygen atoms in total. The van der Waals surface area contributed by atoms with E-state index < -0.39 is 22.8 Å². The highest BCUT2D eigenvalue weighted by atomic mass is 35.5. The Morgan fingerprint density at radius 3 is 2.72 bits per heavy atom. The quantitative estimate of drug-likeness (QED) is 0.900. The first-order chi connectivity index (χ1) is 8.45. The van der Waals surface area contributed by atoms with Gasteiger partial charge in [0.2, 0.25) is 5.43 Å². The fourth-order valence-corrected chi connectivity index (χ4v) is 1.75. The van der Waals surface area contributed by atoms with Crippen LogP contribution in [0.15, 0.2) is 23.1 Å². The van der Waals surface area contributed by atoms with Crippen molar-refractivity contribution >= 4 is 28.5 Å². The summed E-state index contributed by atoms with van der Waals surface area (Å²) in [6.45, 7) is 0. The molecule has 0 spiro atoms. The molecule has 2 rings (SSSR count). The topological polar surface area (TPSA) is 68.5 Å². The number of hydrogen-bond acceptors (Lipinski definition) is 3. The van der Waals surface area contributed by atoms with Crippen molar-refractivity contribution in [1.29, 1.82) is 0 Å². The molecule has 0 aliphatic carbocycles. The molecule has 0 saturated carbocycles. The van der Waals surface area contributed by atoms with Crippen LogP contribution in [-0.4, -0.2) is 22.9 Å². The smallest absolute Gasteiger partial charge is 0.341 e. The summed E-state index contributed by atoms with van der Waals surface area (Å²) in [5.74, 6) is -2.21. The van der Waals surface area contributed by atoms with Gasteiger partial charge < -0.3 is 9.94 Å². The van der Waals surface area contributed by atoms with Crippen LogP contribution in [0, 0.1) is 5.82 Å². The molecule has 0 bridgehead atoms. The molecule has 7 heteroatoms. The van der Waals surface area contributed by atoms with Gasteiger partial charge in [0.25, 0.3) is 0 Å². The van der Waals surface area contributed by atoms with Gasteiger partial charge in [-0.15, -0.1) is 0 Å². The van der Waals surface area contributed by atoms with Crippen molar-refractivity contribution in [2.75, 3.05) is 7.11 Å². The molecular formula is C11H7ClFNO4. The molecule has 1 N–H and O–H groups in total. The summed E-state index contributed by atoms with van der Waals surface area (Å²) in [7, 11) is 1.28. The van der Waals surface area contributed by atoms with Crippen LogP contribution in [-0.2, 0) is 0 Å². The van der Waals surface area contributed by atoms with Crippen molar-refractivity contribution in [3.8, 4) is 0 Å². The van der Waals surface area contributed by atoms with Gasteiger partial charge in [-0.3, -0.25) is 4.79 Å². The first-order valence-corrected chi connectivity index (χ1v) is 5.15. The van der Waals surface area contributed by atoms with Crippen LogP contribution in [0.25, 0.3) is 10.9 Å². The van der Waals surface area contributed by atoms with E-state index in [-0.39, 0.29) is 15.9 Å². The largest absolute Gasteiger partial charge is 0.477 e. The van der Waals surface area contributed by atoms with Crippen molar-refractivity contribution in [3.05, 3.63) is 45.0 Å². The number of halogens is 2. The maximum Gasteiger partial charge on any atom is 0.341 e. The molecule has 0 saturated heterocycles. The van der Waals surface area contributed by atoms with Gasteiger partial charge in [-0.1, -0.05) is 11.6 Å². The van der Waals surface area contributed by atoms with Gasteiger partial charge in [0.15, 0.2) is 0 Å². The summed E-state index contributed by atoms with van der Waals surface area (Å²) >= 11 is 5.61. The molecule has 0 atom stereocenters. The Morgan fingerprint density at radius 2 is 2.17 bits per heavy atom.